The van der Waals surface area contributed by atoms with E-state index in [0.29, 0.717) is 12.1 Å². The molecule has 3 nitrogen and oxygen atoms in total. The minimum atomic E-state index is 0.424. The summed E-state index contributed by atoms with van der Waals surface area (Å²) in [6, 6.07) is 7.22. The molecular formula is C13H21N3. The van der Waals surface area contributed by atoms with E-state index in [1.165, 1.54) is 12.1 Å². The molecule has 0 aromatic carbocycles. The monoisotopic (exact) mass is 219 g/mol. The summed E-state index contributed by atoms with van der Waals surface area (Å²) in [4.78, 5) is 6.95. The predicted molar refractivity (Wildman–Crippen MR) is 66.3 cm³/mol. The van der Waals surface area contributed by atoms with Gasteiger partial charge in [-0.15, -0.1) is 0 Å². The van der Waals surface area contributed by atoms with Crippen LogP contribution in [0.25, 0.3) is 0 Å². The second-order valence-electron chi connectivity index (χ2n) is 4.61. The van der Waals surface area contributed by atoms with Gasteiger partial charge in [0.1, 0.15) is 0 Å². The first kappa shape index (κ1) is 11.6. The second kappa shape index (κ2) is 5.41. The van der Waals surface area contributed by atoms with Gasteiger partial charge in [-0.25, -0.2) is 0 Å². The van der Waals surface area contributed by atoms with Crippen molar-refractivity contribution >= 4 is 0 Å². The van der Waals surface area contributed by atoms with Gasteiger partial charge in [-0.2, -0.15) is 0 Å². The van der Waals surface area contributed by atoms with Gasteiger partial charge in [0.05, 0.1) is 5.69 Å². The van der Waals surface area contributed by atoms with Crippen LogP contribution in [0.5, 0.6) is 0 Å². The summed E-state index contributed by atoms with van der Waals surface area (Å²) in [6.07, 6.45) is 3.10. The Bertz CT molecular complexity index is 312. The van der Waals surface area contributed by atoms with E-state index in [4.69, 9.17) is 0 Å². The molecule has 0 radical (unpaired) electrons. The first-order valence-corrected chi connectivity index (χ1v) is 6.15. The number of nitrogens with one attached hydrogen (secondary N) is 1. The van der Waals surface area contributed by atoms with Crippen molar-refractivity contribution in [2.75, 3.05) is 19.6 Å². The van der Waals surface area contributed by atoms with Gasteiger partial charge in [0.15, 0.2) is 0 Å². The van der Waals surface area contributed by atoms with Gasteiger partial charge < -0.3 is 5.32 Å². The summed E-state index contributed by atoms with van der Waals surface area (Å²) in [5.74, 6) is 0. The molecule has 2 unspecified atom stereocenters. The fraction of sp³-hybridized carbons (Fsp3) is 0.615. The maximum Gasteiger partial charge on any atom is 0.0572 e. The van der Waals surface area contributed by atoms with Crippen LogP contribution in [0.15, 0.2) is 24.4 Å². The topological polar surface area (TPSA) is 28.2 Å². The molecule has 16 heavy (non-hydrogen) atoms. The van der Waals surface area contributed by atoms with E-state index >= 15 is 0 Å². The van der Waals surface area contributed by atoms with Crippen LogP contribution < -0.4 is 5.32 Å². The van der Waals surface area contributed by atoms with Gasteiger partial charge in [0.25, 0.3) is 0 Å². The lowest BCUT2D eigenvalue weighted by atomic mass is 10.1. The molecule has 1 aromatic rings. The van der Waals surface area contributed by atoms with Crippen molar-refractivity contribution in [2.24, 2.45) is 0 Å². The SMILES string of the molecule is CC1CCN(C(C)c2ccccn2)CCN1. The van der Waals surface area contributed by atoms with Crippen LogP contribution in [0.2, 0.25) is 0 Å². The fourth-order valence-corrected chi connectivity index (χ4v) is 2.23. The number of aromatic nitrogens is 1. The Balaban J connectivity index is 2.01. The molecule has 0 amide bonds. The molecule has 0 aliphatic carbocycles. The highest BCUT2D eigenvalue weighted by Crippen LogP contribution is 2.18. The molecule has 1 aromatic heterocycles. The first-order chi connectivity index (χ1) is 7.77. The average molecular weight is 219 g/mol. The molecule has 2 heterocycles. The number of rotatable bonds is 2. The van der Waals surface area contributed by atoms with Crippen LogP contribution in [-0.4, -0.2) is 35.6 Å². The lowest BCUT2D eigenvalue weighted by Gasteiger charge is -2.26. The molecule has 1 aliphatic rings. The summed E-state index contributed by atoms with van der Waals surface area (Å²) in [7, 11) is 0. The predicted octanol–water partition coefficient (Wildman–Crippen LogP) is 1.83. The average Bonchev–Trinajstić information content (AvgIpc) is 2.54. The Morgan fingerprint density at radius 3 is 3.06 bits per heavy atom. The highest BCUT2D eigenvalue weighted by molar-refractivity contribution is 5.08. The van der Waals surface area contributed by atoms with Crippen molar-refractivity contribution in [1.29, 1.82) is 0 Å². The van der Waals surface area contributed by atoms with E-state index in [-0.39, 0.29) is 0 Å². The summed E-state index contributed by atoms with van der Waals surface area (Å²) < 4.78 is 0. The number of hydrogen-bond donors (Lipinski definition) is 1. The molecule has 88 valence electrons. The Labute approximate surface area is 97.9 Å². The zero-order valence-electron chi connectivity index (χ0n) is 10.2. The van der Waals surface area contributed by atoms with E-state index in [2.05, 4.69) is 41.2 Å². The highest BCUT2D eigenvalue weighted by atomic mass is 15.2. The van der Waals surface area contributed by atoms with E-state index in [0.717, 1.165) is 19.6 Å². The molecule has 1 aliphatic heterocycles. The smallest absolute Gasteiger partial charge is 0.0572 e. The molecule has 0 saturated carbocycles. The summed E-state index contributed by atoms with van der Waals surface area (Å²) >= 11 is 0. The normalized spacial score (nSPS) is 25.0. The first-order valence-electron chi connectivity index (χ1n) is 6.15. The molecule has 3 heteroatoms. The zero-order valence-corrected chi connectivity index (χ0v) is 10.2. The minimum absolute atomic E-state index is 0.424. The van der Waals surface area contributed by atoms with E-state index in [9.17, 15) is 0 Å². The van der Waals surface area contributed by atoms with Gasteiger partial charge in [-0.05, 0) is 32.4 Å². The zero-order chi connectivity index (χ0) is 11.4. The van der Waals surface area contributed by atoms with Crippen LogP contribution in [0.4, 0.5) is 0 Å². The van der Waals surface area contributed by atoms with Gasteiger partial charge in [0.2, 0.25) is 0 Å². The van der Waals surface area contributed by atoms with Crippen LogP contribution in [-0.2, 0) is 0 Å². The summed E-state index contributed by atoms with van der Waals surface area (Å²) in [5.41, 5.74) is 1.18. The second-order valence-corrected chi connectivity index (χ2v) is 4.61. The summed E-state index contributed by atoms with van der Waals surface area (Å²) in [5, 5.41) is 3.52. The third-order valence-corrected chi connectivity index (χ3v) is 3.40. The van der Waals surface area contributed by atoms with Crippen molar-refractivity contribution < 1.29 is 0 Å². The van der Waals surface area contributed by atoms with Gasteiger partial charge >= 0.3 is 0 Å². The van der Waals surface area contributed by atoms with Crippen LogP contribution in [0.1, 0.15) is 32.0 Å². The Morgan fingerprint density at radius 1 is 1.44 bits per heavy atom. The highest BCUT2D eigenvalue weighted by Gasteiger charge is 2.19. The molecule has 1 fully saturated rings. The van der Waals surface area contributed by atoms with Gasteiger partial charge in [0, 0.05) is 37.9 Å². The van der Waals surface area contributed by atoms with E-state index in [1.54, 1.807) is 0 Å². The standard InChI is InChI=1S/C13H21N3/c1-11-6-9-16(10-8-14-11)12(2)13-5-3-4-7-15-13/h3-5,7,11-12,14H,6,8-10H2,1-2H3. The lowest BCUT2D eigenvalue weighted by Crippen LogP contribution is -2.31. The third kappa shape index (κ3) is 2.80. The Hall–Kier alpha value is -0.930. The van der Waals surface area contributed by atoms with Gasteiger partial charge in [-0.3, -0.25) is 9.88 Å². The maximum atomic E-state index is 4.44. The molecule has 0 spiro atoms. The fourth-order valence-electron chi connectivity index (χ4n) is 2.23. The number of hydrogen-bond acceptors (Lipinski definition) is 3. The van der Waals surface area contributed by atoms with E-state index < -0.39 is 0 Å². The molecule has 1 saturated heterocycles. The van der Waals surface area contributed by atoms with Crippen molar-refractivity contribution in [2.45, 2.75) is 32.4 Å². The van der Waals surface area contributed by atoms with Crippen molar-refractivity contribution in [3.63, 3.8) is 0 Å². The molecule has 2 rings (SSSR count). The Kier molecular flexibility index (Phi) is 3.91. The van der Waals surface area contributed by atoms with Crippen molar-refractivity contribution in [3.05, 3.63) is 30.1 Å². The molecule has 0 bridgehead atoms. The van der Waals surface area contributed by atoms with Crippen LogP contribution >= 0.6 is 0 Å². The largest absolute Gasteiger partial charge is 0.313 e. The van der Waals surface area contributed by atoms with Crippen LogP contribution in [0, 0.1) is 0 Å². The molecule has 1 N–H and O–H groups in total. The third-order valence-electron chi connectivity index (χ3n) is 3.40. The Morgan fingerprint density at radius 2 is 2.31 bits per heavy atom. The maximum absolute atomic E-state index is 4.44. The van der Waals surface area contributed by atoms with Crippen molar-refractivity contribution in [3.8, 4) is 0 Å². The van der Waals surface area contributed by atoms with Gasteiger partial charge in [-0.1, -0.05) is 6.07 Å². The molecule has 2 atom stereocenters. The van der Waals surface area contributed by atoms with Crippen molar-refractivity contribution in [1.82, 2.24) is 15.2 Å². The van der Waals surface area contributed by atoms with Crippen LogP contribution in [0.3, 0.4) is 0 Å². The molecular weight excluding hydrogens is 198 g/mol. The lowest BCUT2D eigenvalue weighted by molar-refractivity contribution is 0.220. The minimum Gasteiger partial charge on any atom is -0.313 e. The summed E-state index contributed by atoms with van der Waals surface area (Å²) in [6.45, 7) is 7.86. The number of pyridine rings is 1. The van der Waals surface area contributed by atoms with E-state index in [1.807, 2.05) is 12.3 Å². The quantitative estimate of drug-likeness (QED) is 0.822. The number of nitrogens with zero attached hydrogens (tertiary/aromatic N) is 2.